The maximum atomic E-state index is 13.3. The largest absolute Gasteiger partial charge is 0.445 e. The average molecular weight is 445 g/mol. The standard InChI is InChI=1S/C25H26F3NO3/c1-16-10-11-18(14-22(16)25(26,27)28)23(30)19-12-20-8-5-9-21(13-19)29(20)24(31)32-15-17-6-3-2-4-7-17/h2-4,6-7,10-11,14,19-21H,5,8-9,12-13,15H2,1H3. The van der Waals surface area contributed by atoms with E-state index in [0.717, 1.165) is 30.9 Å². The van der Waals surface area contributed by atoms with Crippen molar-refractivity contribution in [3.63, 3.8) is 0 Å². The van der Waals surface area contributed by atoms with Gasteiger partial charge in [0, 0.05) is 23.6 Å². The molecule has 0 radical (unpaired) electrons. The Morgan fingerprint density at radius 2 is 1.69 bits per heavy atom. The molecule has 0 aliphatic carbocycles. The van der Waals surface area contributed by atoms with E-state index in [2.05, 4.69) is 0 Å². The number of ketones is 1. The Kier molecular flexibility index (Phi) is 6.26. The van der Waals surface area contributed by atoms with Crippen LogP contribution in [0.25, 0.3) is 0 Å². The molecule has 0 aromatic heterocycles. The quantitative estimate of drug-likeness (QED) is 0.529. The maximum absolute atomic E-state index is 13.3. The van der Waals surface area contributed by atoms with Crippen molar-refractivity contribution in [1.29, 1.82) is 0 Å². The second-order valence-electron chi connectivity index (χ2n) is 8.75. The lowest BCUT2D eigenvalue weighted by atomic mass is 9.75. The van der Waals surface area contributed by atoms with E-state index in [1.54, 1.807) is 4.90 Å². The molecule has 2 saturated heterocycles. The Morgan fingerprint density at radius 1 is 1.03 bits per heavy atom. The predicted molar refractivity (Wildman–Crippen MR) is 113 cm³/mol. The third kappa shape index (κ3) is 4.66. The van der Waals surface area contributed by atoms with Crippen molar-refractivity contribution in [2.75, 3.05) is 0 Å². The Labute approximate surface area is 185 Å². The number of amides is 1. The molecule has 2 fully saturated rings. The molecule has 2 aliphatic rings. The number of ether oxygens (including phenoxy) is 1. The molecule has 170 valence electrons. The first-order valence-electron chi connectivity index (χ1n) is 10.9. The van der Waals surface area contributed by atoms with Gasteiger partial charge >= 0.3 is 12.3 Å². The van der Waals surface area contributed by atoms with E-state index in [4.69, 9.17) is 4.74 Å². The van der Waals surface area contributed by atoms with E-state index >= 15 is 0 Å². The van der Waals surface area contributed by atoms with E-state index < -0.39 is 17.7 Å². The molecule has 7 heteroatoms. The molecule has 2 unspecified atom stereocenters. The first kappa shape index (κ1) is 22.4. The Morgan fingerprint density at radius 3 is 2.31 bits per heavy atom. The molecule has 4 nitrogen and oxygen atoms in total. The van der Waals surface area contributed by atoms with Crippen LogP contribution >= 0.6 is 0 Å². The van der Waals surface area contributed by atoms with Crippen LogP contribution < -0.4 is 0 Å². The fourth-order valence-corrected chi connectivity index (χ4v) is 5.00. The van der Waals surface area contributed by atoms with E-state index in [1.807, 2.05) is 30.3 Å². The highest BCUT2D eigenvalue weighted by molar-refractivity contribution is 5.98. The number of fused-ring (bicyclic) bond motifs is 2. The second kappa shape index (κ2) is 8.96. The Bertz CT molecular complexity index is 976. The van der Waals surface area contributed by atoms with Crippen LogP contribution in [0.3, 0.4) is 0 Å². The molecule has 4 rings (SSSR count). The number of Topliss-reactive ketones (excluding diaryl/α,β-unsaturated/α-hetero) is 1. The van der Waals surface area contributed by atoms with Crippen molar-refractivity contribution in [1.82, 2.24) is 4.90 Å². The molecule has 2 aromatic rings. The number of carbonyl (C=O) groups excluding carboxylic acids is 2. The lowest BCUT2D eigenvalue weighted by molar-refractivity contribution is -0.138. The number of piperidine rings is 2. The van der Waals surface area contributed by atoms with E-state index in [0.29, 0.717) is 12.8 Å². The van der Waals surface area contributed by atoms with Crippen LogP contribution in [-0.4, -0.2) is 28.9 Å². The fraction of sp³-hybridized carbons (Fsp3) is 0.440. The number of hydrogen-bond acceptors (Lipinski definition) is 3. The molecular weight excluding hydrogens is 419 g/mol. The van der Waals surface area contributed by atoms with Crippen LogP contribution in [0.15, 0.2) is 48.5 Å². The zero-order valence-corrected chi connectivity index (χ0v) is 17.9. The molecule has 2 aromatic carbocycles. The number of hydrogen-bond donors (Lipinski definition) is 0. The number of alkyl halides is 3. The first-order chi connectivity index (χ1) is 15.2. The highest BCUT2D eigenvalue weighted by atomic mass is 19.4. The summed E-state index contributed by atoms with van der Waals surface area (Å²) >= 11 is 0. The number of carbonyl (C=O) groups is 2. The zero-order chi connectivity index (χ0) is 22.9. The smallest absolute Gasteiger partial charge is 0.416 e. The van der Waals surface area contributed by atoms with Crippen LogP contribution in [-0.2, 0) is 17.5 Å². The minimum atomic E-state index is -4.50. The summed E-state index contributed by atoms with van der Waals surface area (Å²) in [6.45, 7) is 1.57. The van der Waals surface area contributed by atoms with Gasteiger partial charge in [-0.15, -0.1) is 0 Å². The summed E-state index contributed by atoms with van der Waals surface area (Å²) in [6, 6.07) is 13.0. The van der Waals surface area contributed by atoms with Crippen LogP contribution in [0.1, 0.15) is 59.2 Å². The van der Waals surface area contributed by atoms with Crippen molar-refractivity contribution in [3.05, 3.63) is 70.8 Å². The number of aryl methyl sites for hydroxylation is 1. The number of nitrogens with zero attached hydrogens (tertiary/aromatic N) is 1. The van der Waals surface area contributed by atoms with Gasteiger partial charge in [0.15, 0.2) is 5.78 Å². The monoisotopic (exact) mass is 445 g/mol. The van der Waals surface area contributed by atoms with Gasteiger partial charge < -0.3 is 9.64 Å². The Balaban J connectivity index is 1.46. The van der Waals surface area contributed by atoms with Gasteiger partial charge in [0.05, 0.1) is 5.56 Å². The molecule has 32 heavy (non-hydrogen) atoms. The van der Waals surface area contributed by atoms with Crippen LogP contribution in [0, 0.1) is 12.8 Å². The van der Waals surface area contributed by atoms with Gasteiger partial charge in [0.25, 0.3) is 0 Å². The van der Waals surface area contributed by atoms with E-state index in [-0.39, 0.29) is 41.7 Å². The van der Waals surface area contributed by atoms with Gasteiger partial charge in [0.2, 0.25) is 0 Å². The molecule has 0 N–H and O–H groups in total. The molecule has 2 bridgehead atoms. The van der Waals surface area contributed by atoms with Gasteiger partial charge in [-0.05, 0) is 56.2 Å². The number of benzene rings is 2. The number of rotatable bonds is 4. The van der Waals surface area contributed by atoms with Crippen LogP contribution in [0.2, 0.25) is 0 Å². The third-order valence-corrected chi connectivity index (χ3v) is 6.59. The summed E-state index contributed by atoms with van der Waals surface area (Å²) in [5, 5.41) is 0. The molecule has 2 atom stereocenters. The lowest BCUT2D eigenvalue weighted by Gasteiger charge is -2.47. The molecule has 0 saturated carbocycles. The summed E-state index contributed by atoms with van der Waals surface area (Å²) in [6.07, 6.45) is -1.49. The average Bonchev–Trinajstić information content (AvgIpc) is 2.76. The normalized spacial score (nSPS) is 23.0. The summed E-state index contributed by atoms with van der Waals surface area (Å²) in [7, 11) is 0. The van der Waals surface area contributed by atoms with Crippen molar-refractivity contribution in [3.8, 4) is 0 Å². The van der Waals surface area contributed by atoms with Crippen LogP contribution in [0.5, 0.6) is 0 Å². The van der Waals surface area contributed by atoms with Gasteiger partial charge in [-0.3, -0.25) is 4.79 Å². The molecule has 1 amide bonds. The van der Waals surface area contributed by atoms with Gasteiger partial charge in [-0.1, -0.05) is 42.5 Å². The Hall–Kier alpha value is -2.83. The van der Waals surface area contributed by atoms with Gasteiger partial charge in [0.1, 0.15) is 6.61 Å². The van der Waals surface area contributed by atoms with Crippen molar-refractivity contribution in [2.45, 2.75) is 63.9 Å². The molecule has 2 aliphatic heterocycles. The van der Waals surface area contributed by atoms with Crippen molar-refractivity contribution in [2.24, 2.45) is 5.92 Å². The SMILES string of the molecule is Cc1ccc(C(=O)C2CC3CCCC(C2)N3C(=O)OCc2ccccc2)cc1C(F)(F)F. The highest BCUT2D eigenvalue weighted by Crippen LogP contribution is 2.39. The number of halogens is 3. The van der Waals surface area contributed by atoms with Gasteiger partial charge in [-0.2, -0.15) is 13.2 Å². The maximum Gasteiger partial charge on any atom is 0.416 e. The topological polar surface area (TPSA) is 46.6 Å². The van der Waals surface area contributed by atoms with E-state index in [9.17, 15) is 22.8 Å². The first-order valence-corrected chi connectivity index (χ1v) is 10.9. The highest BCUT2D eigenvalue weighted by Gasteiger charge is 2.44. The minimum Gasteiger partial charge on any atom is -0.445 e. The third-order valence-electron chi connectivity index (χ3n) is 6.59. The zero-order valence-electron chi connectivity index (χ0n) is 17.9. The van der Waals surface area contributed by atoms with Gasteiger partial charge in [-0.25, -0.2) is 4.79 Å². The van der Waals surface area contributed by atoms with Crippen LogP contribution in [0.4, 0.5) is 18.0 Å². The van der Waals surface area contributed by atoms with Crippen molar-refractivity contribution < 1.29 is 27.5 Å². The second-order valence-corrected chi connectivity index (χ2v) is 8.75. The predicted octanol–water partition coefficient (Wildman–Crippen LogP) is 6.17. The summed E-state index contributed by atoms with van der Waals surface area (Å²) in [5.74, 6) is -0.669. The minimum absolute atomic E-state index is 0.0890. The summed E-state index contributed by atoms with van der Waals surface area (Å²) < 4.78 is 45.4. The summed E-state index contributed by atoms with van der Waals surface area (Å²) in [5.41, 5.74) is 0.314. The molecule has 0 spiro atoms. The lowest BCUT2D eigenvalue weighted by Crippen LogP contribution is -2.55. The molecular formula is C25H26F3NO3. The molecule has 2 heterocycles. The van der Waals surface area contributed by atoms with Crippen molar-refractivity contribution >= 4 is 11.9 Å². The fourth-order valence-electron chi connectivity index (χ4n) is 5.00. The summed E-state index contributed by atoms with van der Waals surface area (Å²) in [4.78, 5) is 27.7. The van der Waals surface area contributed by atoms with E-state index in [1.165, 1.54) is 19.1 Å².